The molecule has 4 amide bonds. The van der Waals surface area contributed by atoms with Crippen molar-refractivity contribution in [2.24, 2.45) is 23.3 Å². The number of primary amides is 1. The van der Waals surface area contributed by atoms with E-state index in [2.05, 4.69) is 10.6 Å². The summed E-state index contributed by atoms with van der Waals surface area (Å²) in [5.41, 5.74) is 10.8. The molecule has 1 aliphatic rings. The molecule has 5 atom stereocenters. The summed E-state index contributed by atoms with van der Waals surface area (Å²) in [4.78, 5) is 62.1. The second-order valence-electron chi connectivity index (χ2n) is 8.41. The Morgan fingerprint density at radius 3 is 2.19 bits per heavy atom. The molecule has 31 heavy (non-hydrogen) atoms. The van der Waals surface area contributed by atoms with Gasteiger partial charge in [-0.05, 0) is 24.7 Å². The topological polar surface area (TPSA) is 185 Å². The number of likely N-dealkylation sites (tertiary alicyclic amines) is 1. The summed E-state index contributed by atoms with van der Waals surface area (Å²) < 4.78 is 0. The van der Waals surface area contributed by atoms with Gasteiger partial charge in [0.05, 0.1) is 12.5 Å². The molecule has 5 unspecified atom stereocenters. The maximum Gasteiger partial charge on any atom is 0.326 e. The van der Waals surface area contributed by atoms with Crippen LogP contribution in [0.3, 0.4) is 0 Å². The first-order valence-electron chi connectivity index (χ1n) is 10.6. The molecule has 1 rings (SSSR count). The Labute approximate surface area is 182 Å². The van der Waals surface area contributed by atoms with Crippen molar-refractivity contribution >= 4 is 29.6 Å². The molecule has 1 saturated heterocycles. The number of carboxylic acids is 1. The van der Waals surface area contributed by atoms with Gasteiger partial charge < -0.3 is 32.1 Å². The molecule has 0 aromatic carbocycles. The maximum atomic E-state index is 12.9. The average Bonchev–Trinajstić information content (AvgIpc) is 3.17. The Bertz CT molecular complexity index is 698. The Morgan fingerprint density at radius 2 is 1.71 bits per heavy atom. The summed E-state index contributed by atoms with van der Waals surface area (Å²) in [6.07, 6.45) is 1.19. The van der Waals surface area contributed by atoms with Crippen LogP contribution in [0.5, 0.6) is 0 Å². The minimum absolute atomic E-state index is 0.292. The van der Waals surface area contributed by atoms with Crippen molar-refractivity contribution in [1.82, 2.24) is 15.5 Å². The number of hydrogen-bond donors (Lipinski definition) is 5. The predicted octanol–water partition coefficient (Wildman–Crippen LogP) is -1.06. The van der Waals surface area contributed by atoms with Crippen molar-refractivity contribution < 1.29 is 29.1 Å². The number of nitrogens with zero attached hydrogens (tertiary/aromatic N) is 1. The van der Waals surface area contributed by atoms with Gasteiger partial charge in [0.1, 0.15) is 18.1 Å². The summed E-state index contributed by atoms with van der Waals surface area (Å²) in [5.74, 6) is -4.15. The average molecular weight is 442 g/mol. The molecule has 7 N–H and O–H groups in total. The third-order valence-electron chi connectivity index (χ3n) is 5.60. The summed E-state index contributed by atoms with van der Waals surface area (Å²) in [7, 11) is 0. The lowest BCUT2D eigenvalue weighted by molar-refractivity contribution is -0.144. The monoisotopic (exact) mass is 441 g/mol. The van der Waals surface area contributed by atoms with Crippen molar-refractivity contribution in [3.63, 3.8) is 0 Å². The minimum atomic E-state index is -1.15. The molecular formula is C20H35N5O6. The normalized spacial score (nSPS) is 19.9. The fourth-order valence-corrected chi connectivity index (χ4v) is 3.53. The largest absolute Gasteiger partial charge is 0.480 e. The standard InChI is InChI=1S/C20H35N5O6/c1-5-11(4)16(20(30)31)24-18(28)15(10(2)3)23-17(27)13-7-6-8-25(13)19(29)12(21)9-14(22)26/h10-13,15-16H,5-9,21H2,1-4H3,(H2,22,26)(H,23,27)(H,24,28)(H,30,31). The molecule has 0 aromatic heterocycles. The molecule has 0 aliphatic carbocycles. The number of carbonyl (C=O) groups excluding carboxylic acids is 4. The Morgan fingerprint density at radius 1 is 1.10 bits per heavy atom. The molecule has 11 heteroatoms. The first-order valence-corrected chi connectivity index (χ1v) is 10.6. The quantitative estimate of drug-likeness (QED) is 0.270. The molecule has 0 radical (unpaired) electrons. The highest BCUT2D eigenvalue weighted by atomic mass is 16.4. The van der Waals surface area contributed by atoms with Crippen LogP contribution >= 0.6 is 0 Å². The molecule has 0 saturated carbocycles. The van der Waals surface area contributed by atoms with Crippen LogP contribution in [0.25, 0.3) is 0 Å². The second kappa shape index (κ2) is 11.6. The third kappa shape index (κ3) is 7.20. The Hall–Kier alpha value is -2.69. The number of carbonyl (C=O) groups is 5. The number of nitrogens with two attached hydrogens (primary N) is 2. The fraction of sp³-hybridized carbons (Fsp3) is 0.750. The number of rotatable bonds is 11. The molecular weight excluding hydrogens is 406 g/mol. The van der Waals surface area contributed by atoms with Gasteiger partial charge in [-0.2, -0.15) is 0 Å². The lowest BCUT2D eigenvalue weighted by Gasteiger charge is -2.30. The van der Waals surface area contributed by atoms with E-state index in [0.717, 1.165) is 0 Å². The van der Waals surface area contributed by atoms with Gasteiger partial charge in [0.25, 0.3) is 0 Å². The minimum Gasteiger partial charge on any atom is -0.480 e. The number of nitrogens with one attached hydrogen (secondary N) is 2. The van der Waals surface area contributed by atoms with Crippen LogP contribution in [0, 0.1) is 11.8 Å². The van der Waals surface area contributed by atoms with Crippen molar-refractivity contribution in [2.75, 3.05) is 6.54 Å². The summed E-state index contributed by atoms with van der Waals surface area (Å²) in [5, 5.41) is 14.6. The zero-order valence-electron chi connectivity index (χ0n) is 18.6. The van der Waals surface area contributed by atoms with E-state index in [1.54, 1.807) is 20.8 Å². The second-order valence-corrected chi connectivity index (χ2v) is 8.41. The van der Waals surface area contributed by atoms with E-state index in [1.165, 1.54) is 4.90 Å². The van der Waals surface area contributed by atoms with Gasteiger partial charge in [-0.3, -0.25) is 19.2 Å². The Kier molecular flexibility index (Phi) is 9.89. The maximum absolute atomic E-state index is 12.9. The number of amides is 4. The lowest BCUT2D eigenvalue weighted by Crippen LogP contribution is -2.58. The lowest BCUT2D eigenvalue weighted by atomic mass is 9.97. The molecule has 11 nitrogen and oxygen atoms in total. The van der Waals surface area contributed by atoms with E-state index in [-0.39, 0.29) is 18.3 Å². The first-order chi connectivity index (χ1) is 14.4. The molecule has 0 bridgehead atoms. The molecule has 1 heterocycles. The van der Waals surface area contributed by atoms with Crippen molar-refractivity contribution in [3.8, 4) is 0 Å². The fourth-order valence-electron chi connectivity index (χ4n) is 3.53. The van der Waals surface area contributed by atoms with Gasteiger partial charge >= 0.3 is 5.97 Å². The highest BCUT2D eigenvalue weighted by molar-refractivity contribution is 5.95. The van der Waals surface area contributed by atoms with Gasteiger partial charge in [0.2, 0.25) is 23.6 Å². The highest BCUT2D eigenvalue weighted by Gasteiger charge is 2.39. The van der Waals surface area contributed by atoms with Crippen LogP contribution < -0.4 is 22.1 Å². The zero-order chi connectivity index (χ0) is 23.9. The molecule has 0 spiro atoms. The molecule has 1 aliphatic heterocycles. The number of hydrogen-bond acceptors (Lipinski definition) is 6. The van der Waals surface area contributed by atoms with E-state index in [1.807, 2.05) is 6.92 Å². The summed E-state index contributed by atoms with van der Waals surface area (Å²) in [6.45, 7) is 7.30. The van der Waals surface area contributed by atoms with Crippen LogP contribution in [0.15, 0.2) is 0 Å². The van der Waals surface area contributed by atoms with Gasteiger partial charge in [0, 0.05) is 6.54 Å². The third-order valence-corrected chi connectivity index (χ3v) is 5.60. The van der Waals surface area contributed by atoms with Gasteiger partial charge in [-0.25, -0.2) is 4.79 Å². The molecule has 0 aromatic rings. The van der Waals surface area contributed by atoms with Gasteiger partial charge in [-0.15, -0.1) is 0 Å². The van der Waals surface area contributed by atoms with E-state index in [4.69, 9.17) is 11.5 Å². The van der Waals surface area contributed by atoms with Crippen LogP contribution in [-0.4, -0.2) is 70.3 Å². The summed E-state index contributed by atoms with van der Waals surface area (Å²) >= 11 is 0. The van der Waals surface area contributed by atoms with E-state index in [9.17, 15) is 29.1 Å². The van der Waals surface area contributed by atoms with E-state index in [0.29, 0.717) is 25.8 Å². The van der Waals surface area contributed by atoms with Crippen LogP contribution in [0.2, 0.25) is 0 Å². The Balaban J connectivity index is 2.91. The van der Waals surface area contributed by atoms with E-state index < -0.39 is 53.8 Å². The smallest absolute Gasteiger partial charge is 0.326 e. The van der Waals surface area contributed by atoms with Gasteiger partial charge in [0.15, 0.2) is 0 Å². The zero-order valence-corrected chi connectivity index (χ0v) is 18.6. The van der Waals surface area contributed by atoms with Crippen molar-refractivity contribution in [1.29, 1.82) is 0 Å². The van der Waals surface area contributed by atoms with Crippen LogP contribution in [-0.2, 0) is 24.0 Å². The van der Waals surface area contributed by atoms with Crippen molar-refractivity contribution in [2.45, 2.75) is 77.5 Å². The molecule has 176 valence electrons. The highest BCUT2D eigenvalue weighted by Crippen LogP contribution is 2.20. The SMILES string of the molecule is CCC(C)C(NC(=O)C(NC(=O)C1CCCN1C(=O)C(N)CC(N)=O)C(C)C)C(=O)O. The van der Waals surface area contributed by atoms with Crippen LogP contribution in [0.4, 0.5) is 0 Å². The van der Waals surface area contributed by atoms with Crippen LogP contribution in [0.1, 0.15) is 53.4 Å². The predicted molar refractivity (Wildman–Crippen MR) is 112 cm³/mol. The number of aliphatic carboxylic acids is 1. The molecule has 1 fully saturated rings. The summed E-state index contributed by atoms with van der Waals surface area (Å²) in [6, 6.07) is -4.02. The first kappa shape index (κ1) is 26.3. The van der Waals surface area contributed by atoms with E-state index >= 15 is 0 Å². The van der Waals surface area contributed by atoms with Crippen molar-refractivity contribution in [3.05, 3.63) is 0 Å². The van der Waals surface area contributed by atoms with Gasteiger partial charge in [-0.1, -0.05) is 34.1 Å². The number of carboxylic acid groups (broad SMARTS) is 1.